The van der Waals surface area contributed by atoms with Gasteiger partial charge < -0.3 is 9.84 Å². The smallest absolute Gasteiger partial charge is 0.236 e. The van der Waals surface area contributed by atoms with Crippen molar-refractivity contribution in [2.75, 3.05) is 11.6 Å². The second kappa shape index (κ2) is 6.82. The van der Waals surface area contributed by atoms with Crippen LogP contribution in [0.25, 0.3) is 11.3 Å². The lowest BCUT2D eigenvalue weighted by Crippen LogP contribution is -2.28. The molecule has 1 saturated carbocycles. The molecule has 4 rings (SSSR count). The van der Waals surface area contributed by atoms with E-state index in [2.05, 4.69) is 10.5 Å². The molecule has 0 spiro atoms. The number of halogens is 1. The van der Waals surface area contributed by atoms with Crippen molar-refractivity contribution in [2.45, 2.75) is 23.2 Å². The summed E-state index contributed by atoms with van der Waals surface area (Å²) in [6.07, 6.45) is 3.55. The topological polar surface area (TPSA) is 55.1 Å². The average Bonchev–Trinajstić information content (AvgIpc) is 3.33. The predicted octanol–water partition coefficient (Wildman–Crippen LogP) is 5.39. The fourth-order valence-corrected chi connectivity index (χ4v) is 3.51. The van der Waals surface area contributed by atoms with Crippen LogP contribution in [0, 0.1) is 0 Å². The highest BCUT2D eigenvalue weighted by Gasteiger charge is 2.53. The summed E-state index contributed by atoms with van der Waals surface area (Å²) in [4.78, 5) is 14.0. The van der Waals surface area contributed by atoms with E-state index >= 15 is 0 Å². The summed E-state index contributed by atoms with van der Waals surface area (Å²) in [6, 6.07) is 17.0. The van der Waals surface area contributed by atoms with Crippen LogP contribution in [0.2, 0.25) is 5.02 Å². The molecule has 0 unspecified atom stereocenters. The quantitative estimate of drug-likeness (QED) is 0.599. The molecule has 1 aromatic heterocycles. The van der Waals surface area contributed by atoms with E-state index < -0.39 is 5.41 Å². The minimum atomic E-state index is -0.594. The zero-order valence-electron chi connectivity index (χ0n) is 14.2. The molecule has 1 amide bonds. The predicted molar refractivity (Wildman–Crippen MR) is 105 cm³/mol. The van der Waals surface area contributed by atoms with Crippen molar-refractivity contribution in [3.05, 3.63) is 65.3 Å². The van der Waals surface area contributed by atoms with E-state index in [1.165, 1.54) is 0 Å². The molecule has 1 heterocycles. The van der Waals surface area contributed by atoms with E-state index in [-0.39, 0.29) is 5.91 Å². The van der Waals surface area contributed by atoms with Crippen LogP contribution in [0.3, 0.4) is 0 Å². The monoisotopic (exact) mass is 384 g/mol. The number of carbonyl (C=O) groups is 1. The molecule has 4 nitrogen and oxygen atoms in total. The molecule has 1 aliphatic rings. The summed E-state index contributed by atoms with van der Waals surface area (Å²) in [5.74, 6) is 0.604. The van der Waals surface area contributed by atoms with Crippen LogP contribution in [0.5, 0.6) is 0 Å². The van der Waals surface area contributed by atoms with Gasteiger partial charge in [0.2, 0.25) is 5.91 Å². The number of nitrogens with zero attached hydrogens (tertiary/aromatic N) is 1. The maximum Gasteiger partial charge on any atom is 0.236 e. The van der Waals surface area contributed by atoms with E-state index in [1.807, 2.05) is 48.7 Å². The van der Waals surface area contributed by atoms with Gasteiger partial charge >= 0.3 is 0 Å². The molecule has 0 atom stereocenters. The van der Waals surface area contributed by atoms with Crippen LogP contribution >= 0.6 is 23.4 Å². The normalized spacial score (nSPS) is 14.8. The van der Waals surface area contributed by atoms with Crippen LogP contribution in [0.15, 0.2) is 64.0 Å². The molecular weight excluding hydrogens is 368 g/mol. The first kappa shape index (κ1) is 17.2. The Balaban J connectivity index is 1.55. The summed E-state index contributed by atoms with van der Waals surface area (Å²) in [6.45, 7) is 0. The fourth-order valence-electron chi connectivity index (χ4n) is 2.93. The molecule has 6 heteroatoms. The second-order valence-electron chi connectivity index (χ2n) is 6.35. The number of aromatic nitrogens is 1. The largest absolute Gasteiger partial charge is 0.356 e. The van der Waals surface area contributed by atoms with Gasteiger partial charge in [-0.1, -0.05) is 22.8 Å². The summed E-state index contributed by atoms with van der Waals surface area (Å²) >= 11 is 7.57. The van der Waals surface area contributed by atoms with Crippen molar-refractivity contribution in [1.82, 2.24) is 5.16 Å². The highest BCUT2D eigenvalue weighted by atomic mass is 35.5. The van der Waals surface area contributed by atoms with Crippen LogP contribution in [-0.2, 0) is 10.2 Å². The Labute approximate surface area is 160 Å². The van der Waals surface area contributed by atoms with E-state index in [0.29, 0.717) is 16.5 Å². The molecular formula is C20H17ClN2O2S. The van der Waals surface area contributed by atoms with Gasteiger partial charge in [0.25, 0.3) is 0 Å². The van der Waals surface area contributed by atoms with Gasteiger partial charge in [0.1, 0.15) is 0 Å². The van der Waals surface area contributed by atoms with Crippen molar-refractivity contribution in [3.8, 4) is 11.3 Å². The molecule has 132 valence electrons. The van der Waals surface area contributed by atoms with Gasteiger partial charge in [0, 0.05) is 27.2 Å². The van der Waals surface area contributed by atoms with E-state index in [1.54, 1.807) is 23.9 Å². The number of rotatable bonds is 5. The van der Waals surface area contributed by atoms with Gasteiger partial charge in [-0.2, -0.15) is 0 Å². The third-order valence-corrected chi connectivity index (χ3v) is 5.62. The number of benzene rings is 2. The lowest BCUT2D eigenvalue weighted by molar-refractivity contribution is -0.118. The Morgan fingerprint density at radius 2 is 1.96 bits per heavy atom. The van der Waals surface area contributed by atoms with Crippen molar-refractivity contribution in [2.24, 2.45) is 0 Å². The number of hydrogen-bond donors (Lipinski definition) is 1. The summed E-state index contributed by atoms with van der Waals surface area (Å²) in [5.41, 5.74) is 1.77. The van der Waals surface area contributed by atoms with Crippen LogP contribution < -0.4 is 5.32 Å². The minimum Gasteiger partial charge on any atom is -0.356 e. The van der Waals surface area contributed by atoms with Gasteiger partial charge in [-0.15, -0.1) is 11.8 Å². The van der Waals surface area contributed by atoms with Crippen molar-refractivity contribution >= 4 is 35.0 Å². The van der Waals surface area contributed by atoms with Gasteiger partial charge in [-0.3, -0.25) is 4.79 Å². The molecule has 2 aromatic carbocycles. The van der Waals surface area contributed by atoms with Crippen LogP contribution in [0.1, 0.15) is 18.5 Å². The number of amides is 1. The van der Waals surface area contributed by atoms with Crippen LogP contribution in [-0.4, -0.2) is 17.3 Å². The Kier molecular flexibility index (Phi) is 4.51. The first-order chi connectivity index (χ1) is 12.6. The van der Waals surface area contributed by atoms with E-state index in [4.69, 9.17) is 16.1 Å². The highest BCUT2D eigenvalue weighted by Crippen LogP contribution is 2.49. The van der Waals surface area contributed by atoms with Gasteiger partial charge in [0.05, 0.1) is 11.1 Å². The van der Waals surface area contributed by atoms with Gasteiger partial charge in [0.15, 0.2) is 5.76 Å². The average molecular weight is 385 g/mol. The maximum atomic E-state index is 12.9. The Morgan fingerprint density at radius 1 is 1.19 bits per heavy atom. The molecule has 0 saturated heterocycles. The lowest BCUT2D eigenvalue weighted by Gasteiger charge is -2.13. The van der Waals surface area contributed by atoms with Gasteiger partial charge in [-0.05, 0) is 61.6 Å². The Morgan fingerprint density at radius 3 is 2.65 bits per heavy atom. The zero-order chi connectivity index (χ0) is 18.1. The van der Waals surface area contributed by atoms with Crippen molar-refractivity contribution in [3.63, 3.8) is 0 Å². The van der Waals surface area contributed by atoms with Crippen molar-refractivity contribution in [1.29, 1.82) is 0 Å². The molecule has 1 fully saturated rings. The number of thioether (sulfide) groups is 1. The Bertz CT molecular complexity index is 948. The molecule has 26 heavy (non-hydrogen) atoms. The zero-order valence-corrected chi connectivity index (χ0v) is 15.7. The van der Waals surface area contributed by atoms with Gasteiger partial charge in [-0.25, -0.2) is 0 Å². The van der Waals surface area contributed by atoms with Crippen LogP contribution in [0.4, 0.5) is 5.69 Å². The molecule has 0 radical (unpaired) electrons. The number of nitrogens with one attached hydrogen (secondary N) is 1. The number of carbonyl (C=O) groups excluding carboxylic acids is 1. The molecule has 0 aliphatic heterocycles. The van der Waals surface area contributed by atoms with E-state index in [9.17, 15) is 4.79 Å². The third kappa shape index (κ3) is 3.24. The fraction of sp³-hybridized carbons (Fsp3) is 0.200. The third-order valence-electron chi connectivity index (χ3n) is 4.64. The SMILES string of the molecule is CSc1cccc(NC(=O)C2(c3cc(-c4ccc(Cl)cc4)on3)CC2)c1. The number of hydrogen-bond acceptors (Lipinski definition) is 4. The van der Waals surface area contributed by atoms with Crippen molar-refractivity contribution < 1.29 is 9.32 Å². The molecule has 3 aromatic rings. The first-order valence-electron chi connectivity index (χ1n) is 8.29. The highest BCUT2D eigenvalue weighted by molar-refractivity contribution is 7.98. The lowest BCUT2D eigenvalue weighted by atomic mass is 10.00. The summed E-state index contributed by atoms with van der Waals surface area (Å²) in [7, 11) is 0. The molecule has 0 bridgehead atoms. The maximum absolute atomic E-state index is 12.9. The Hall–Kier alpha value is -2.24. The standard InChI is InChI=1S/C20H17ClN2O2S/c1-26-16-4-2-3-15(11-16)22-19(24)20(9-10-20)18-12-17(25-23-18)13-5-7-14(21)8-6-13/h2-8,11-12H,9-10H2,1H3,(H,22,24). The minimum absolute atomic E-state index is 0.0355. The molecule has 1 N–H and O–H groups in total. The summed E-state index contributed by atoms with van der Waals surface area (Å²) in [5, 5.41) is 7.86. The number of anilines is 1. The first-order valence-corrected chi connectivity index (χ1v) is 9.90. The van der Waals surface area contributed by atoms with E-state index in [0.717, 1.165) is 29.0 Å². The molecule has 1 aliphatic carbocycles. The second-order valence-corrected chi connectivity index (χ2v) is 7.67. The summed E-state index contributed by atoms with van der Waals surface area (Å²) < 4.78 is 5.48.